The van der Waals surface area contributed by atoms with Crippen molar-refractivity contribution in [3.63, 3.8) is 0 Å². The molecular formula is C14H20O4. The Hall–Kier alpha value is -1.58. The molecule has 0 aromatic carbocycles. The van der Waals surface area contributed by atoms with E-state index in [4.69, 9.17) is 4.42 Å². The molecule has 1 aromatic rings. The van der Waals surface area contributed by atoms with Gasteiger partial charge in [0.15, 0.2) is 0 Å². The number of aryl methyl sites for hydroxylation is 1. The number of ether oxygens (including phenoxy) is 1. The minimum absolute atomic E-state index is 0.0344. The molecule has 1 aromatic heterocycles. The molecule has 0 spiro atoms. The fourth-order valence-corrected chi connectivity index (χ4v) is 1.75. The van der Waals surface area contributed by atoms with Gasteiger partial charge in [0.05, 0.1) is 13.4 Å². The molecule has 0 aliphatic carbocycles. The maximum absolute atomic E-state index is 11.3. The Bertz CT molecular complexity index is 354. The van der Waals surface area contributed by atoms with Crippen molar-refractivity contribution >= 4 is 11.8 Å². The maximum Gasteiger partial charge on any atom is 0.313 e. The highest BCUT2D eigenvalue weighted by molar-refractivity contribution is 5.95. The lowest BCUT2D eigenvalue weighted by atomic mass is 10.1. The summed E-state index contributed by atoms with van der Waals surface area (Å²) in [6.07, 6.45) is 7.00. The third kappa shape index (κ3) is 6.23. The van der Waals surface area contributed by atoms with Gasteiger partial charge in [-0.3, -0.25) is 9.59 Å². The van der Waals surface area contributed by atoms with E-state index in [0.29, 0.717) is 6.42 Å². The Morgan fingerprint density at radius 2 is 2.00 bits per heavy atom. The summed E-state index contributed by atoms with van der Waals surface area (Å²) in [5.41, 5.74) is 0. The van der Waals surface area contributed by atoms with E-state index in [9.17, 15) is 9.59 Å². The molecule has 0 amide bonds. The van der Waals surface area contributed by atoms with Gasteiger partial charge in [-0.15, -0.1) is 0 Å². The minimum atomic E-state index is -0.446. The van der Waals surface area contributed by atoms with Crippen molar-refractivity contribution in [1.82, 2.24) is 0 Å². The third-order valence-electron chi connectivity index (χ3n) is 2.78. The van der Waals surface area contributed by atoms with E-state index in [0.717, 1.165) is 37.9 Å². The van der Waals surface area contributed by atoms with Crippen LogP contribution in [-0.2, 0) is 20.7 Å². The van der Waals surface area contributed by atoms with E-state index in [2.05, 4.69) is 4.74 Å². The average Bonchev–Trinajstić information content (AvgIpc) is 2.86. The van der Waals surface area contributed by atoms with Gasteiger partial charge in [-0.1, -0.05) is 12.8 Å². The number of carbonyl (C=O) groups excluding carboxylic acids is 2. The number of carbonyl (C=O) groups is 2. The molecule has 0 atom stereocenters. The van der Waals surface area contributed by atoms with Crippen molar-refractivity contribution in [3.8, 4) is 0 Å². The number of furan rings is 1. The maximum atomic E-state index is 11.3. The summed E-state index contributed by atoms with van der Waals surface area (Å²) in [5, 5.41) is 0. The SMILES string of the molecule is COC(=O)CC(=O)CCCCCCc1ccco1. The van der Waals surface area contributed by atoms with Gasteiger partial charge >= 0.3 is 5.97 Å². The molecule has 0 saturated carbocycles. The van der Waals surface area contributed by atoms with Crippen molar-refractivity contribution < 1.29 is 18.7 Å². The van der Waals surface area contributed by atoms with Crippen molar-refractivity contribution in [1.29, 1.82) is 0 Å². The highest BCUT2D eigenvalue weighted by Crippen LogP contribution is 2.10. The van der Waals surface area contributed by atoms with E-state index < -0.39 is 5.97 Å². The van der Waals surface area contributed by atoms with Gasteiger partial charge in [-0.2, -0.15) is 0 Å². The molecule has 4 heteroatoms. The molecule has 0 unspecified atom stereocenters. The van der Waals surface area contributed by atoms with Crippen LogP contribution in [0, 0.1) is 0 Å². The van der Waals surface area contributed by atoms with E-state index in [1.165, 1.54) is 7.11 Å². The number of hydrogen-bond acceptors (Lipinski definition) is 4. The van der Waals surface area contributed by atoms with Crippen LogP contribution in [0.3, 0.4) is 0 Å². The summed E-state index contributed by atoms with van der Waals surface area (Å²) < 4.78 is 9.67. The van der Waals surface area contributed by atoms with Crippen molar-refractivity contribution in [3.05, 3.63) is 24.2 Å². The smallest absolute Gasteiger partial charge is 0.313 e. The Balaban J connectivity index is 1.95. The second kappa shape index (κ2) is 8.50. The second-order valence-electron chi connectivity index (χ2n) is 4.29. The Morgan fingerprint density at radius 1 is 1.22 bits per heavy atom. The molecule has 0 aliphatic rings. The lowest BCUT2D eigenvalue weighted by Gasteiger charge is -2.01. The number of hydrogen-bond donors (Lipinski definition) is 0. The standard InChI is InChI=1S/C14H20O4/c1-17-14(16)11-12(15)7-4-2-3-5-8-13-9-6-10-18-13/h6,9-10H,2-5,7-8,11H2,1H3. The second-order valence-corrected chi connectivity index (χ2v) is 4.29. The summed E-state index contributed by atoms with van der Waals surface area (Å²) in [6.45, 7) is 0. The zero-order chi connectivity index (χ0) is 13.2. The average molecular weight is 252 g/mol. The zero-order valence-corrected chi connectivity index (χ0v) is 10.8. The fourth-order valence-electron chi connectivity index (χ4n) is 1.75. The van der Waals surface area contributed by atoms with Crippen LogP contribution < -0.4 is 0 Å². The number of ketones is 1. The predicted molar refractivity (Wildman–Crippen MR) is 67.1 cm³/mol. The number of methoxy groups -OCH3 is 1. The first-order chi connectivity index (χ1) is 8.72. The molecule has 0 radical (unpaired) electrons. The fraction of sp³-hybridized carbons (Fsp3) is 0.571. The molecule has 0 N–H and O–H groups in total. The first kappa shape index (κ1) is 14.5. The van der Waals surface area contributed by atoms with Gasteiger partial charge in [0.25, 0.3) is 0 Å². The van der Waals surface area contributed by atoms with Gasteiger partial charge in [0, 0.05) is 12.8 Å². The molecule has 0 bridgehead atoms. The van der Waals surface area contributed by atoms with Crippen LogP contribution in [-0.4, -0.2) is 18.9 Å². The van der Waals surface area contributed by atoms with E-state index in [1.807, 2.05) is 12.1 Å². The lowest BCUT2D eigenvalue weighted by molar-refractivity contribution is -0.143. The van der Waals surface area contributed by atoms with Crippen molar-refractivity contribution in [2.45, 2.75) is 44.9 Å². The number of unbranched alkanes of at least 4 members (excludes halogenated alkanes) is 3. The molecule has 1 rings (SSSR count). The molecule has 1 heterocycles. The molecule has 18 heavy (non-hydrogen) atoms. The van der Waals surface area contributed by atoms with Gasteiger partial charge in [-0.25, -0.2) is 0 Å². The van der Waals surface area contributed by atoms with Crippen LogP contribution in [0.1, 0.15) is 44.3 Å². The van der Waals surface area contributed by atoms with Crippen LogP contribution in [0.4, 0.5) is 0 Å². The lowest BCUT2D eigenvalue weighted by Crippen LogP contribution is -2.08. The predicted octanol–water partition coefficient (Wildman–Crippen LogP) is 2.90. The van der Waals surface area contributed by atoms with E-state index in [1.54, 1.807) is 6.26 Å². The molecule has 0 saturated heterocycles. The van der Waals surface area contributed by atoms with E-state index >= 15 is 0 Å². The van der Waals surface area contributed by atoms with Crippen molar-refractivity contribution in [2.75, 3.05) is 7.11 Å². The quantitative estimate of drug-likeness (QED) is 0.385. The summed E-state index contributed by atoms with van der Waals surface area (Å²) in [7, 11) is 1.30. The molecular weight excluding hydrogens is 232 g/mol. The van der Waals surface area contributed by atoms with Crippen molar-refractivity contribution in [2.24, 2.45) is 0 Å². The normalized spacial score (nSPS) is 10.3. The molecule has 4 nitrogen and oxygen atoms in total. The van der Waals surface area contributed by atoms with Crippen LogP contribution in [0.5, 0.6) is 0 Å². The molecule has 0 aliphatic heterocycles. The summed E-state index contributed by atoms with van der Waals surface area (Å²) in [4.78, 5) is 22.2. The highest BCUT2D eigenvalue weighted by atomic mass is 16.5. The Kier molecular flexibility index (Phi) is 6.84. The van der Waals surface area contributed by atoms with E-state index in [-0.39, 0.29) is 12.2 Å². The third-order valence-corrected chi connectivity index (χ3v) is 2.78. The Labute approximate surface area is 107 Å². The van der Waals surface area contributed by atoms with Crippen LogP contribution >= 0.6 is 0 Å². The van der Waals surface area contributed by atoms with Gasteiger partial charge in [0.1, 0.15) is 18.0 Å². The van der Waals surface area contributed by atoms with Crippen LogP contribution in [0.2, 0.25) is 0 Å². The number of Topliss-reactive ketones (excluding diaryl/α,β-unsaturated/α-hetero) is 1. The number of rotatable bonds is 9. The molecule has 100 valence electrons. The van der Waals surface area contributed by atoms with Gasteiger partial charge in [-0.05, 0) is 25.0 Å². The monoisotopic (exact) mass is 252 g/mol. The topological polar surface area (TPSA) is 56.5 Å². The van der Waals surface area contributed by atoms with Crippen LogP contribution in [0.25, 0.3) is 0 Å². The Morgan fingerprint density at radius 3 is 2.67 bits per heavy atom. The minimum Gasteiger partial charge on any atom is -0.469 e. The first-order valence-electron chi connectivity index (χ1n) is 6.33. The van der Waals surface area contributed by atoms with Gasteiger partial charge < -0.3 is 9.15 Å². The van der Waals surface area contributed by atoms with Gasteiger partial charge in [0.2, 0.25) is 0 Å². The zero-order valence-electron chi connectivity index (χ0n) is 10.8. The highest BCUT2D eigenvalue weighted by Gasteiger charge is 2.08. The van der Waals surface area contributed by atoms with Crippen LogP contribution in [0.15, 0.2) is 22.8 Å². The number of esters is 1. The summed E-state index contributed by atoms with van der Waals surface area (Å²) in [5.74, 6) is 0.530. The summed E-state index contributed by atoms with van der Waals surface area (Å²) in [6, 6.07) is 3.86. The summed E-state index contributed by atoms with van der Waals surface area (Å²) >= 11 is 0. The first-order valence-corrected chi connectivity index (χ1v) is 6.33. The molecule has 0 fully saturated rings. The largest absolute Gasteiger partial charge is 0.469 e.